The van der Waals surface area contributed by atoms with Crippen LogP contribution in [0.4, 0.5) is 4.20 Å². The van der Waals surface area contributed by atoms with E-state index in [1.165, 1.54) is 32.4 Å². The van der Waals surface area contributed by atoms with Crippen LogP contribution in [0.5, 0.6) is 0 Å². The first-order valence-corrected chi connectivity index (χ1v) is 15.9. The van der Waals surface area contributed by atoms with Crippen LogP contribution in [-0.4, -0.2) is 57.5 Å². The molecule has 0 aliphatic rings. The summed E-state index contributed by atoms with van der Waals surface area (Å²) in [5.74, 6) is 1.75. The fraction of sp³-hybridized carbons (Fsp3) is 0.947. The molecule has 5 atom stereocenters. The highest BCUT2D eigenvalue weighted by Gasteiger charge is 2.35. The Balaban J connectivity index is 4.34. The van der Waals surface area contributed by atoms with Gasteiger partial charge in [-0.3, -0.25) is 18.2 Å². The minimum absolute atomic E-state index is 0.0557. The largest absolute Gasteiger partial charge is 0.513 e. The molecule has 33 heavy (non-hydrogen) atoms. The standard InChI is InChI=1S/C19H40FN2O8P3/c1-9-26-33(20,25)29-17(2)12-10-14-27-31(8,23)28-15-11-13-19(4,5)18(3)30-32(24,16-21)22(6)7/h17-18H,9-15H2,1-8H3/t17?,18?,31-,32-,33-/m1/s1. The van der Waals surface area contributed by atoms with Gasteiger partial charge in [0, 0.05) is 6.66 Å². The van der Waals surface area contributed by atoms with Gasteiger partial charge in [-0.05, 0) is 66.0 Å². The maximum Gasteiger partial charge on any atom is 0.513 e. The second-order valence-corrected chi connectivity index (χ2v) is 14.3. The molecule has 0 aliphatic heterocycles. The molecule has 0 spiro atoms. The van der Waals surface area contributed by atoms with Gasteiger partial charge in [0.1, 0.15) is 0 Å². The van der Waals surface area contributed by atoms with E-state index in [4.69, 9.17) is 18.1 Å². The van der Waals surface area contributed by atoms with Crippen LogP contribution in [-0.2, 0) is 36.3 Å². The Kier molecular flexibility index (Phi) is 14.4. The highest BCUT2D eigenvalue weighted by Crippen LogP contribution is 2.52. The highest BCUT2D eigenvalue weighted by molar-refractivity contribution is 7.61. The normalized spacial score (nSPS) is 19.8. The fourth-order valence-electron chi connectivity index (χ4n) is 2.62. The molecule has 0 N–H and O–H groups in total. The summed E-state index contributed by atoms with van der Waals surface area (Å²) >= 11 is 0. The third-order valence-electron chi connectivity index (χ3n) is 5.02. The molecular formula is C19H40FN2O8P3. The predicted molar refractivity (Wildman–Crippen MR) is 126 cm³/mol. The number of nitriles is 1. The van der Waals surface area contributed by atoms with Crippen LogP contribution >= 0.6 is 23.0 Å². The molecule has 0 radical (unpaired) electrons. The third-order valence-corrected chi connectivity index (χ3v) is 9.41. The third kappa shape index (κ3) is 13.5. The van der Waals surface area contributed by atoms with Gasteiger partial charge in [-0.25, -0.2) is 9.24 Å². The van der Waals surface area contributed by atoms with E-state index in [2.05, 4.69) is 4.52 Å². The summed E-state index contributed by atoms with van der Waals surface area (Å²) in [6.07, 6.45) is 0.804. The zero-order valence-corrected chi connectivity index (χ0v) is 23.7. The van der Waals surface area contributed by atoms with Crippen molar-refractivity contribution in [1.29, 1.82) is 5.26 Å². The summed E-state index contributed by atoms with van der Waals surface area (Å²) in [6, 6.07) is 0. The first-order chi connectivity index (χ1) is 15.0. The van der Waals surface area contributed by atoms with Crippen LogP contribution in [0.1, 0.15) is 60.3 Å². The minimum atomic E-state index is -4.55. The predicted octanol–water partition coefficient (Wildman–Crippen LogP) is 6.59. The Labute approximate surface area is 198 Å². The molecule has 0 aromatic carbocycles. The first kappa shape index (κ1) is 32.9. The van der Waals surface area contributed by atoms with E-state index in [9.17, 15) is 23.2 Å². The molecular weight excluding hydrogens is 496 g/mol. The highest BCUT2D eigenvalue weighted by atomic mass is 31.2. The lowest BCUT2D eigenvalue weighted by atomic mass is 9.83. The molecule has 0 rings (SSSR count). The molecule has 0 fully saturated rings. The van der Waals surface area contributed by atoms with Gasteiger partial charge in [0.25, 0.3) is 0 Å². The van der Waals surface area contributed by atoms with Gasteiger partial charge in [-0.15, -0.1) is 4.20 Å². The number of hydrogen-bond acceptors (Lipinski definition) is 9. The smallest absolute Gasteiger partial charge is 0.309 e. The summed E-state index contributed by atoms with van der Waals surface area (Å²) < 4.78 is 76.5. The fourth-order valence-corrected chi connectivity index (χ4v) is 5.65. The minimum Gasteiger partial charge on any atom is -0.309 e. The average Bonchev–Trinajstić information content (AvgIpc) is 2.67. The van der Waals surface area contributed by atoms with Gasteiger partial charge in [0.15, 0.2) is 5.81 Å². The lowest BCUT2D eigenvalue weighted by Crippen LogP contribution is -2.30. The van der Waals surface area contributed by atoms with E-state index in [0.717, 1.165) is 0 Å². The van der Waals surface area contributed by atoms with Gasteiger partial charge >= 0.3 is 23.0 Å². The van der Waals surface area contributed by atoms with E-state index in [0.29, 0.717) is 25.7 Å². The van der Waals surface area contributed by atoms with Crippen LogP contribution in [0.2, 0.25) is 0 Å². The molecule has 0 aromatic heterocycles. The Morgan fingerprint density at radius 3 is 2.06 bits per heavy atom. The SMILES string of the molecule is CCO[P@](=O)(F)OC(C)CCCO[P@@](C)(=O)OCCCC(C)(C)C(C)O[P@](=O)(C#N)N(C)C. The first-order valence-electron chi connectivity index (χ1n) is 10.9. The van der Waals surface area contributed by atoms with Crippen molar-refractivity contribution in [2.24, 2.45) is 5.41 Å². The van der Waals surface area contributed by atoms with E-state index < -0.39 is 40.6 Å². The van der Waals surface area contributed by atoms with Gasteiger partial charge in [0.2, 0.25) is 0 Å². The van der Waals surface area contributed by atoms with Crippen molar-refractivity contribution < 1.29 is 40.5 Å². The van der Waals surface area contributed by atoms with Crippen molar-refractivity contribution in [3.63, 3.8) is 0 Å². The lowest BCUT2D eigenvalue weighted by molar-refractivity contribution is 0.0727. The van der Waals surface area contributed by atoms with Gasteiger partial charge in [-0.2, -0.15) is 5.26 Å². The summed E-state index contributed by atoms with van der Waals surface area (Å²) in [5.41, 5.74) is -0.405. The Hall–Kier alpha value is -0.130. The summed E-state index contributed by atoms with van der Waals surface area (Å²) in [4.78, 5) is 0. The molecule has 14 heteroatoms. The summed E-state index contributed by atoms with van der Waals surface area (Å²) in [6.45, 7) is 10.3. The molecule has 2 unspecified atom stereocenters. The van der Waals surface area contributed by atoms with Crippen molar-refractivity contribution in [3.8, 4) is 5.81 Å². The average molecular weight is 536 g/mol. The van der Waals surface area contributed by atoms with Gasteiger partial charge in [0.05, 0.1) is 32.0 Å². The Morgan fingerprint density at radius 2 is 1.58 bits per heavy atom. The lowest BCUT2D eigenvalue weighted by Gasteiger charge is -2.34. The topological polar surface area (TPSA) is 124 Å². The van der Waals surface area contributed by atoms with Crippen molar-refractivity contribution >= 4 is 23.0 Å². The molecule has 0 aromatic rings. The number of hydrogen-bond donors (Lipinski definition) is 0. The molecule has 0 saturated carbocycles. The molecule has 0 saturated heterocycles. The molecule has 10 nitrogen and oxygen atoms in total. The zero-order valence-electron chi connectivity index (χ0n) is 21.0. The van der Waals surface area contributed by atoms with Crippen molar-refractivity contribution in [1.82, 2.24) is 4.67 Å². The van der Waals surface area contributed by atoms with Gasteiger partial charge < -0.3 is 13.6 Å². The Bertz CT molecular complexity index is 775. The second-order valence-electron chi connectivity index (χ2n) is 8.65. The van der Waals surface area contributed by atoms with Crippen LogP contribution in [0.15, 0.2) is 0 Å². The monoisotopic (exact) mass is 536 g/mol. The van der Waals surface area contributed by atoms with E-state index in [1.807, 2.05) is 13.8 Å². The molecule has 0 amide bonds. The van der Waals surface area contributed by atoms with E-state index >= 15 is 0 Å². The maximum absolute atomic E-state index is 13.5. The number of nitrogens with zero attached hydrogens (tertiary/aromatic N) is 2. The zero-order chi connectivity index (χ0) is 25.9. The second kappa shape index (κ2) is 14.4. The molecule has 0 aliphatic carbocycles. The van der Waals surface area contributed by atoms with Crippen LogP contribution in [0.3, 0.4) is 0 Å². The van der Waals surface area contributed by atoms with Gasteiger partial charge in [-0.1, -0.05) is 13.8 Å². The van der Waals surface area contributed by atoms with Crippen molar-refractivity contribution in [3.05, 3.63) is 0 Å². The van der Waals surface area contributed by atoms with Crippen molar-refractivity contribution in [2.45, 2.75) is 72.5 Å². The maximum atomic E-state index is 13.5. The molecule has 0 heterocycles. The number of halogens is 1. The number of rotatable bonds is 18. The van der Waals surface area contributed by atoms with E-state index in [1.54, 1.807) is 19.7 Å². The van der Waals surface area contributed by atoms with Crippen molar-refractivity contribution in [2.75, 3.05) is 40.6 Å². The van der Waals surface area contributed by atoms with Crippen LogP contribution in [0.25, 0.3) is 0 Å². The summed E-state index contributed by atoms with van der Waals surface area (Å²) in [5, 5.41) is 9.18. The van der Waals surface area contributed by atoms with Crippen LogP contribution < -0.4 is 0 Å². The quantitative estimate of drug-likeness (QED) is 0.140. The van der Waals surface area contributed by atoms with E-state index in [-0.39, 0.29) is 19.8 Å². The molecule has 196 valence electrons. The summed E-state index contributed by atoms with van der Waals surface area (Å²) in [7, 11) is -8.31. The van der Waals surface area contributed by atoms with Crippen LogP contribution in [0, 0.1) is 16.5 Å². The Morgan fingerprint density at radius 1 is 1.03 bits per heavy atom. The molecule has 0 bridgehead atoms.